The Morgan fingerprint density at radius 2 is 2.22 bits per heavy atom. The third kappa shape index (κ3) is 2.63. The van der Waals surface area contributed by atoms with Crippen molar-refractivity contribution in [3.8, 4) is 0 Å². The molecule has 1 amide bonds. The molecule has 1 saturated heterocycles. The standard InChI is InChI=1S/C8H8BrClN4O3S/c9-7-8(12-2-5(10)13-7)14-3-4(1-6(14)15)18(11,16)17/h2,4H,1,3H2,(H2,11,16,17). The van der Waals surface area contributed by atoms with E-state index >= 15 is 0 Å². The van der Waals surface area contributed by atoms with E-state index < -0.39 is 15.3 Å². The van der Waals surface area contributed by atoms with Gasteiger partial charge in [0.2, 0.25) is 15.9 Å². The SMILES string of the molecule is NS(=O)(=O)C1CC(=O)N(c2ncc(Cl)nc2Br)C1. The van der Waals surface area contributed by atoms with Crippen LogP contribution in [0.25, 0.3) is 0 Å². The molecular formula is C8H8BrClN4O3S. The van der Waals surface area contributed by atoms with Crippen LogP contribution in [0.15, 0.2) is 10.8 Å². The molecule has 7 nitrogen and oxygen atoms in total. The van der Waals surface area contributed by atoms with E-state index in [0.717, 1.165) is 0 Å². The fraction of sp³-hybridized carbons (Fsp3) is 0.375. The van der Waals surface area contributed by atoms with Crippen LogP contribution >= 0.6 is 27.5 Å². The summed E-state index contributed by atoms with van der Waals surface area (Å²) in [5, 5.41) is 4.27. The Morgan fingerprint density at radius 3 is 2.72 bits per heavy atom. The van der Waals surface area contributed by atoms with Crippen molar-refractivity contribution in [2.24, 2.45) is 5.14 Å². The Bertz CT molecular complexity index is 608. The van der Waals surface area contributed by atoms with Gasteiger partial charge < -0.3 is 0 Å². The summed E-state index contributed by atoms with van der Waals surface area (Å²) in [4.78, 5) is 20.8. The Balaban J connectivity index is 2.33. The van der Waals surface area contributed by atoms with E-state index in [9.17, 15) is 13.2 Å². The minimum atomic E-state index is -3.75. The average Bonchev–Trinajstić information content (AvgIpc) is 2.60. The Kier molecular flexibility index (Phi) is 3.58. The van der Waals surface area contributed by atoms with Crippen molar-refractivity contribution in [2.45, 2.75) is 11.7 Å². The lowest BCUT2D eigenvalue weighted by Gasteiger charge is -2.15. The second-order valence-electron chi connectivity index (χ2n) is 3.73. The molecule has 2 N–H and O–H groups in total. The second kappa shape index (κ2) is 4.72. The van der Waals surface area contributed by atoms with Gasteiger partial charge in [-0.15, -0.1) is 0 Å². The van der Waals surface area contributed by atoms with Gasteiger partial charge in [-0.2, -0.15) is 0 Å². The zero-order chi connectivity index (χ0) is 13.5. The second-order valence-corrected chi connectivity index (χ2v) is 6.71. The van der Waals surface area contributed by atoms with Gasteiger partial charge >= 0.3 is 0 Å². The first-order valence-corrected chi connectivity index (χ1v) is 7.57. The quantitative estimate of drug-likeness (QED) is 0.820. The van der Waals surface area contributed by atoms with Gasteiger partial charge in [0.25, 0.3) is 0 Å². The molecule has 98 valence electrons. The van der Waals surface area contributed by atoms with Gasteiger partial charge in [0, 0.05) is 13.0 Å². The molecule has 18 heavy (non-hydrogen) atoms. The molecule has 0 aromatic carbocycles. The molecule has 1 aromatic heterocycles. The number of hydrogen-bond donors (Lipinski definition) is 1. The monoisotopic (exact) mass is 354 g/mol. The van der Waals surface area contributed by atoms with Crippen molar-refractivity contribution in [3.05, 3.63) is 16.0 Å². The topological polar surface area (TPSA) is 106 Å². The highest BCUT2D eigenvalue weighted by Crippen LogP contribution is 2.28. The molecule has 0 spiro atoms. The Hall–Kier alpha value is -0.770. The Morgan fingerprint density at radius 1 is 1.56 bits per heavy atom. The van der Waals surface area contributed by atoms with Crippen LogP contribution < -0.4 is 10.0 Å². The van der Waals surface area contributed by atoms with Crippen molar-refractivity contribution in [1.29, 1.82) is 0 Å². The van der Waals surface area contributed by atoms with Crippen molar-refractivity contribution >= 4 is 49.3 Å². The zero-order valence-electron chi connectivity index (χ0n) is 8.88. The number of aromatic nitrogens is 2. The number of carbonyl (C=O) groups is 1. The molecule has 10 heteroatoms. The third-order valence-corrected chi connectivity index (χ3v) is 4.45. The maximum Gasteiger partial charge on any atom is 0.229 e. The summed E-state index contributed by atoms with van der Waals surface area (Å²) in [7, 11) is -3.75. The highest BCUT2D eigenvalue weighted by Gasteiger charge is 2.38. The summed E-state index contributed by atoms with van der Waals surface area (Å²) in [6.45, 7) is -0.0351. The molecule has 1 aromatic rings. The van der Waals surface area contributed by atoms with Gasteiger partial charge in [-0.25, -0.2) is 23.5 Å². The summed E-state index contributed by atoms with van der Waals surface area (Å²) in [5.74, 6) is -0.137. The lowest BCUT2D eigenvalue weighted by atomic mass is 10.4. The molecule has 1 unspecified atom stereocenters. The van der Waals surface area contributed by atoms with E-state index in [0.29, 0.717) is 0 Å². The summed E-state index contributed by atoms with van der Waals surface area (Å²) in [5.41, 5.74) is 0. The smallest absolute Gasteiger partial charge is 0.229 e. The maximum absolute atomic E-state index is 11.8. The molecule has 2 heterocycles. The van der Waals surface area contributed by atoms with E-state index in [1.807, 2.05) is 0 Å². The number of halogens is 2. The van der Waals surface area contributed by atoms with E-state index in [2.05, 4.69) is 25.9 Å². The number of sulfonamides is 1. The van der Waals surface area contributed by atoms with Crippen molar-refractivity contribution in [3.63, 3.8) is 0 Å². The van der Waals surface area contributed by atoms with Crippen LogP contribution in [0.2, 0.25) is 5.15 Å². The highest BCUT2D eigenvalue weighted by molar-refractivity contribution is 9.10. The molecule has 0 saturated carbocycles. The first-order chi connectivity index (χ1) is 8.29. The fourth-order valence-electron chi connectivity index (χ4n) is 1.62. The van der Waals surface area contributed by atoms with Crippen LogP contribution in [0.3, 0.4) is 0 Å². The van der Waals surface area contributed by atoms with Crippen molar-refractivity contribution < 1.29 is 13.2 Å². The van der Waals surface area contributed by atoms with E-state index in [1.165, 1.54) is 11.1 Å². The van der Waals surface area contributed by atoms with Gasteiger partial charge in [0.15, 0.2) is 10.4 Å². The van der Waals surface area contributed by atoms with E-state index in [-0.39, 0.29) is 34.4 Å². The summed E-state index contributed by atoms with van der Waals surface area (Å²) < 4.78 is 22.7. The number of nitrogens with zero attached hydrogens (tertiary/aromatic N) is 3. The molecule has 1 aliphatic rings. The van der Waals surface area contributed by atoms with Gasteiger partial charge in [-0.1, -0.05) is 11.6 Å². The summed E-state index contributed by atoms with van der Waals surface area (Å²) >= 11 is 8.76. The number of hydrogen-bond acceptors (Lipinski definition) is 5. The Labute approximate surface area is 117 Å². The number of rotatable bonds is 2. The van der Waals surface area contributed by atoms with Gasteiger partial charge in [0.1, 0.15) is 10.4 Å². The first kappa shape index (κ1) is 13.7. The molecule has 1 aliphatic heterocycles. The van der Waals surface area contributed by atoms with Gasteiger partial charge in [-0.05, 0) is 15.9 Å². The number of primary sulfonamides is 1. The first-order valence-electron chi connectivity index (χ1n) is 4.79. The lowest BCUT2D eigenvalue weighted by Crippen LogP contribution is -2.32. The third-order valence-electron chi connectivity index (χ3n) is 2.49. The molecule has 1 atom stereocenters. The maximum atomic E-state index is 11.8. The molecule has 0 aliphatic carbocycles. The summed E-state index contributed by atoms with van der Waals surface area (Å²) in [6.07, 6.45) is 1.12. The molecule has 2 rings (SSSR count). The lowest BCUT2D eigenvalue weighted by molar-refractivity contribution is -0.117. The number of nitrogens with two attached hydrogens (primary N) is 1. The van der Waals surface area contributed by atoms with Crippen LogP contribution in [0.1, 0.15) is 6.42 Å². The predicted molar refractivity (Wildman–Crippen MR) is 68.6 cm³/mol. The minimum absolute atomic E-state index is 0.0351. The van der Waals surface area contributed by atoms with E-state index in [4.69, 9.17) is 16.7 Å². The largest absolute Gasteiger partial charge is 0.293 e. The molecular weight excluding hydrogens is 348 g/mol. The van der Waals surface area contributed by atoms with Gasteiger partial charge in [-0.3, -0.25) is 9.69 Å². The van der Waals surface area contributed by atoms with Crippen LogP contribution in [0.4, 0.5) is 5.82 Å². The van der Waals surface area contributed by atoms with Gasteiger partial charge in [0.05, 0.1) is 6.20 Å². The average molecular weight is 356 g/mol. The zero-order valence-corrected chi connectivity index (χ0v) is 12.0. The van der Waals surface area contributed by atoms with Crippen LogP contribution in [0, 0.1) is 0 Å². The van der Waals surface area contributed by atoms with Crippen molar-refractivity contribution in [2.75, 3.05) is 11.4 Å². The van der Waals surface area contributed by atoms with Crippen LogP contribution in [-0.2, 0) is 14.8 Å². The number of anilines is 1. The minimum Gasteiger partial charge on any atom is -0.293 e. The summed E-state index contributed by atoms with van der Waals surface area (Å²) in [6, 6.07) is 0. The van der Waals surface area contributed by atoms with E-state index in [1.54, 1.807) is 0 Å². The number of carbonyl (C=O) groups excluding carboxylic acids is 1. The highest BCUT2D eigenvalue weighted by atomic mass is 79.9. The number of amides is 1. The predicted octanol–water partition coefficient (Wildman–Crippen LogP) is 0.286. The van der Waals surface area contributed by atoms with Crippen LogP contribution in [0.5, 0.6) is 0 Å². The van der Waals surface area contributed by atoms with Crippen molar-refractivity contribution in [1.82, 2.24) is 9.97 Å². The van der Waals surface area contributed by atoms with Crippen LogP contribution in [-0.4, -0.2) is 36.1 Å². The molecule has 0 radical (unpaired) electrons. The normalized spacial score (nSPS) is 20.5. The molecule has 0 bridgehead atoms. The molecule has 1 fully saturated rings. The fourth-order valence-corrected chi connectivity index (χ4v) is 3.10.